The fourth-order valence-electron chi connectivity index (χ4n) is 2.16. The molecule has 0 N–H and O–H groups in total. The van der Waals surface area contributed by atoms with Crippen LogP contribution in [0.15, 0.2) is 22.6 Å². The first kappa shape index (κ1) is 14.3. The molecule has 1 aliphatic heterocycles. The highest BCUT2D eigenvalue weighted by molar-refractivity contribution is 7.99. The van der Waals surface area contributed by atoms with E-state index in [2.05, 4.69) is 20.2 Å². The lowest BCUT2D eigenvalue weighted by Crippen LogP contribution is -2.09. The molecule has 9 heteroatoms. The highest BCUT2D eigenvalue weighted by atomic mass is 32.2. The minimum atomic E-state index is -4.47. The molecule has 0 atom stereocenters. The number of hydrogen-bond donors (Lipinski definition) is 0. The Morgan fingerprint density at radius 2 is 2.00 bits per heavy atom. The molecule has 0 spiro atoms. The van der Waals surface area contributed by atoms with E-state index in [1.807, 2.05) is 4.57 Å². The largest absolute Gasteiger partial charge is 0.433 e. The van der Waals surface area contributed by atoms with Crippen LogP contribution in [0.4, 0.5) is 13.2 Å². The summed E-state index contributed by atoms with van der Waals surface area (Å²) in [6, 6.07) is 0.856. The van der Waals surface area contributed by atoms with Crippen LogP contribution < -0.4 is 0 Å². The van der Waals surface area contributed by atoms with E-state index in [0.29, 0.717) is 5.16 Å². The average Bonchev–Trinajstić information content (AvgIpc) is 2.68. The molecule has 5 nitrogen and oxygen atoms in total. The van der Waals surface area contributed by atoms with E-state index in [1.165, 1.54) is 0 Å². The van der Waals surface area contributed by atoms with Crippen LogP contribution in [0.25, 0.3) is 0 Å². The molecule has 0 saturated heterocycles. The Morgan fingerprint density at radius 1 is 1.14 bits per heavy atom. The summed E-state index contributed by atoms with van der Waals surface area (Å²) in [7, 11) is 0. The molecule has 1 aliphatic rings. The Bertz CT molecular complexity index is 640. The third-order valence-corrected chi connectivity index (χ3v) is 4.05. The van der Waals surface area contributed by atoms with Gasteiger partial charge in [-0.1, -0.05) is 6.42 Å². The number of aromatic nitrogens is 5. The van der Waals surface area contributed by atoms with E-state index in [4.69, 9.17) is 0 Å². The molecule has 0 aliphatic carbocycles. The summed E-state index contributed by atoms with van der Waals surface area (Å²) in [6.07, 6.45) is 0.674. The maximum Gasteiger partial charge on any atom is 0.433 e. The van der Waals surface area contributed by atoms with Crippen molar-refractivity contribution in [1.82, 2.24) is 24.7 Å². The second-order valence-electron chi connectivity index (χ2n) is 4.69. The van der Waals surface area contributed by atoms with Gasteiger partial charge in [0.2, 0.25) is 0 Å². The molecule has 0 fully saturated rings. The zero-order chi connectivity index (χ0) is 14.9. The van der Waals surface area contributed by atoms with Gasteiger partial charge in [0.05, 0.1) is 0 Å². The molecule has 0 saturated carbocycles. The Kier molecular flexibility index (Phi) is 3.83. The molecule has 2 aromatic rings. The zero-order valence-electron chi connectivity index (χ0n) is 11.0. The number of halogens is 3. The maximum absolute atomic E-state index is 12.6. The van der Waals surface area contributed by atoms with E-state index in [-0.39, 0.29) is 5.16 Å². The van der Waals surface area contributed by atoms with Crippen molar-refractivity contribution in [2.24, 2.45) is 0 Å². The predicted molar refractivity (Wildman–Crippen MR) is 68.7 cm³/mol. The van der Waals surface area contributed by atoms with Crippen molar-refractivity contribution in [3.63, 3.8) is 0 Å². The van der Waals surface area contributed by atoms with Gasteiger partial charge >= 0.3 is 6.18 Å². The van der Waals surface area contributed by atoms with Gasteiger partial charge in [0.15, 0.2) is 10.3 Å². The molecular weight excluding hydrogens is 303 g/mol. The molecular formula is C12H12F3N5S. The Morgan fingerprint density at radius 3 is 2.81 bits per heavy atom. The summed E-state index contributed by atoms with van der Waals surface area (Å²) in [4.78, 5) is 7.41. The zero-order valence-corrected chi connectivity index (χ0v) is 11.8. The van der Waals surface area contributed by atoms with Crippen molar-refractivity contribution in [3.05, 3.63) is 23.8 Å². The summed E-state index contributed by atoms with van der Waals surface area (Å²) in [5.74, 6) is 0.877. The average molecular weight is 315 g/mol. The number of nitrogens with zero attached hydrogens (tertiary/aromatic N) is 5. The summed E-state index contributed by atoms with van der Waals surface area (Å²) in [6.45, 7) is 0.781. The monoisotopic (exact) mass is 315 g/mol. The molecule has 0 amide bonds. The standard InChI is InChI=1S/C12H12F3N5S/c13-12(14,15)8-5-6-16-10(17-8)21-11-19-18-9-4-2-1-3-7-20(9)11/h5-6H,1-4,7H2. The number of fused-ring (bicyclic) bond motifs is 1. The van der Waals surface area contributed by atoms with Gasteiger partial charge < -0.3 is 4.57 Å². The van der Waals surface area contributed by atoms with Crippen LogP contribution >= 0.6 is 11.8 Å². The van der Waals surface area contributed by atoms with Gasteiger partial charge in [-0.2, -0.15) is 13.2 Å². The van der Waals surface area contributed by atoms with Crippen LogP contribution in [0, 0.1) is 0 Å². The van der Waals surface area contributed by atoms with Crippen LogP contribution in [0.5, 0.6) is 0 Å². The fraction of sp³-hybridized carbons (Fsp3) is 0.500. The SMILES string of the molecule is FC(F)(F)c1ccnc(Sc2nnc3n2CCCCC3)n1. The van der Waals surface area contributed by atoms with Gasteiger partial charge in [-0.3, -0.25) is 0 Å². The lowest BCUT2D eigenvalue weighted by molar-refractivity contribution is -0.141. The normalized spacial score (nSPS) is 15.6. The Hall–Kier alpha value is -1.64. The molecule has 3 heterocycles. The van der Waals surface area contributed by atoms with E-state index >= 15 is 0 Å². The summed E-state index contributed by atoms with van der Waals surface area (Å²) >= 11 is 1.02. The summed E-state index contributed by atoms with van der Waals surface area (Å²) < 4.78 is 39.9. The number of hydrogen-bond acceptors (Lipinski definition) is 5. The Labute approximate surface area is 123 Å². The highest BCUT2D eigenvalue weighted by Gasteiger charge is 2.33. The molecule has 0 bridgehead atoms. The van der Waals surface area contributed by atoms with Crippen LogP contribution in [0.3, 0.4) is 0 Å². The molecule has 2 aromatic heterocycles. The van der Waals surface area contributed by atoms with Crippen LogP contribution in [-0.4, -0.2) is 24.7 Å². The Balaban J connectivity index is 1.86. The van der Waals surface area contributed by atoms with Gasteiger partial charge in [-0.05, 0) is 30.7 Å². The predicted octanol–water partition coefficient (Wildman–Crippen LogP) is 2.96. The van der Waals surface area contributed by atoms with Crippen molar-refractivity contribution in [1.29, 1.82) is 0 Å². The molecule has 0 aromatic carbocycles. The molecule has 3 rings (SSSR count). The van der Waals surface area contributed by atoms with Crippen molar-refractivity contribution in [3.8, 4) is 0 Å². The van der Waals surface area contributed by atoms with E-state index < -0.39 is 11.9 Å². The quantitative estimate of drug-likeness (QED) is 0.798. The van der Waals surface area contributed by atoms with Crippen LogP contribution in [-0.2, 0) is 19.1 Å². The third-order valence-electron chi connectivity index (χ3n) is 3.18. The number of alkyl halides is 3. The van der Waals surface area contributed by atoms with E-state index in [0.717, 1.165) is 62.1 Å². The van der Waals surface area contributed by atoms with Gasteiger partial charge in [0.1, 0.15) is 11.5 Å². The first-order chi connectivity index (χ1) is 10.0. The summed E-state index contributed by atoms with van der Waals surface area (Å²) in [5, 5.41) is 8.72. The van der Waals surface area contributed by atoms with Crippen molar-refractivity contribution >= 4 is 11.8 Å². The lowest BCUT2D eigenvalue weighted by atomic mass is 10.2. The van der Waals surface area contributed by atoms with Gasteiger partial charge in [0.25, 0.3) is 0 Å². The van der Waals surface area contributed by atoms with Gasteiger partial charge in [0, 0.05) is 19.2 Å². The molecule has 0 radical (unpaired) electrons. The van der Waals surface area contributed by atoms with Crippen molar-refractivity contribution < 1.29 is 13.2 Å². The third kappa shape index (κ3) is 3.17. The second kappa shape index (κ2) is 5.63. The second-order valence-corrected chi connectivity index (χ2v) is 5.62. The van der Waals surface area contributed by atoms with Crippen molar-refractivity contribution in [2.75, 3.05) is 0 Å². The molecule has 0 unspecified atom stereocenters. The minimum Gasteiger partial charge on any atom is -0.306 e. The van der Waals surface area contributed by atoms with Gasteiger partial charge in [-0.15, -0.1) is 10.2 Å². The fourth-order valence-corrected chi connectivity index (χ4v) is 2.97. The first-order valence-electron chi connectivity index (χ1n) is 6.54. The number of aryl methyl sites for hydroxylation is 1. The van der Waals surface area contributed by atoms with E-state index in [1.54, 1.807) is 0 Å². The van der Waals surface area contributed by atoms with Crippen LogP contribution in [0.2, 0.25) is 0 Å². The number of rotatable bonds is 2. The van der Waals surface area contributed by atoms with Gasteiger partial charge in [-0.25, -0.2) is 9.97 Å². The topological polar surface area (TPSA) is 56.5 Å². The maximum atomic E-state index is 12.6. The minimum absolute atomic E-state index is 0.0317. The van der Waals surface area contributed by atoms with Crippen LogP contribution in [0.1, 0.15) is 30.8 Å². The highest BCUT2D eigenvalue weighted by Crippen LogP contribution is 2.30. The smallest absolute Gasteiger partial charge is 0.306 e. The summed E-state index contributed by atoms with van der Waals surface area (Å²) in [5.41, 5.74) is -0.949. The van der Waals surface area contributed by atoms with Crippen molar-refractivity contribution in [2.45, 2.75) is 48.7 Å². The van der Waals surface area contributed by atoms with E-state index in [9.17, 15) is 13.2 Å². The first-order valence-corrected chi connectivity index (χ1v) is 7.36. The molecule has 112 valence electrons. The lowest BCUT2D eigenvalue weighted by Gasteiger charge is -2.07. The molecule has 21 heavy (non-hydrogen) atoms.